The van der Waals surface area contributed by atoms with Crippen LogP contribution in [-0.4, -0.2) is 98.1 Å². The molecule has 1 saturated carbocycles. The van der Waals surface area contributed by atoms with Gasteiger partial charge in [0.05, 0.1) is 12.7 Å². The summed E-state index contributed by atoms with van der Waals surface area (Å²) < 4.78 is 35.1. The van der Waals surface area contributed by atoms with Crippen molar-refractivity contribution in [1.29, 1.82) is 0 Å². The number of rotatable bonds is 10. The Kier molecular flexibility index (Phi) is 8.67. The zero-order valence-electron chi connectivity index (χ0n) is 14.2. The molecule has 11 nitrogen and oxygen atoms in total. The highest BCUT2D eigenvalue weighted by Crippen LogP contribution is 2.40. The molecule has 0 aromatic rings. The van der Waals surface area contributed by atoms with Crippen molar-refractivity contribution in [2.24, 2.45) is 5.92 Å². The summed E-state index contributed by atoms with van der Waals surface area (Å²) in [6.07, 6.45) is -11.7. The predicted octanol–water partition coefficient (Wildman–Crippen LogP) is -3.27. The highest BCUT2D eigenvalue weighted by molar-refractivity contribution is 7.80. The minimum absolute atomic E-state index is 0.000919. The zero-order valence-corrected chi connectivity index (χ0v) is 15.0. The number of aliphatic hydroxyl groups excluding tert-OH is 7. The molecule has 1 aliphatic carbocycles. The topological polar surface area (TPSA) is 205 Å². The minimum Gasteiger partial charge on any atom is -0.393 e. The molecule has 0 bridgehead atoms. The van der Waals surface area contributed by atoms with Gasteiger partial charge >= 0.3 is 10.4 Å². The molecule has 12 heteroatoms. The molecule has 0 amide bonds. The van der Waals surface area contributed by atoms with Gasteiger partial charge < -0.3 is 35.7 Å². The van der Waals surface area contributed by atoms with Crippen LogP contribution in [0.5, 0.6) is 0 Å². The molecule has 1 rings (SSSR count). The first-order chi connectivity index (χ1) is 11.9. The molecule has 8 atom stereocenters. The van der Waals surface area contributed by atoms with E-state index in [1.807, 2.05) is 0 Å². The van der Waals surface area contributed by atoms with Crippen molar-refractivity contribution >= 4 is 10.4 Å². The van der Waals surface area contributed by atoms with Gasteiger partial charge in [0.1, 0.15) is 55.4 Å². The highest BCUT2D eigenvalue weighted by Gasteiger charge is 2.55. The van der Waals surface area contributed by atoms with E-state index >= 15 is 0 Å². The third-order valence-corrected chi connectivity index (χ3v) is 5.00. The fourth-order valence-corrected chi connectivity index (χ4v) is 3.70. The average Bonchev–Trinajstić information content (AvgIpc) is 2.83. The summed E-state index contributed by atoms with van der Waals surface area (Å²) in [5, 5.41) is 68.5. The first-order valence-electron chi connectivity index (χ1n) is 8.12. The maximum absolute atomic E-state index is 11.0. The maximum Gasteiger partial charge on any atom is 0.397 e. The van der Waals surface area contributed by atoms with Crippen LogP contribution in [0.1, 0.15) is 26.2 Å². The normalized spacial score (nSPS) is 30.0. The van der Waals surface area contributed by atoms with Crippen LogP contribution in [-0.2, 0) is 14.6 Å². The van der Waals surface area contributed by atoms with Crippen LogP contribution in [0.25, 0.3) is 0 Å². The van der Waals surface area contributed by atoms with Gasteiger partial charge in [0, 0.05) is 0 Å². The van der Waals surface area contributed by atoms with E-state index < -0.39 is 72.1 Å². The van der Waals surface area contributed by atoms with Crippen LogP contribution >= 0.6 is 0 Å². The fraction of sp³-hybridized carbons (Fsp3) is 0.929. The van der Waals surface area contributed by atoms with Gasteiger partial charge in [0.15, 0.2) is 5.92 Å². The summed E-state index contributed by atoms with van der Waals surface area (Å²) in [6.45, 7) is 0.757. The molecule has 0 spiro atoms. The third-order valence-electron chi connectivity index (χ3n) is 4.54. The van der Waals surface area contributed by atoms with Crippen molar-refractivity contribution < 1.29 is 52.9 Å². The number of hydrogen-bond acceptors (Lipinski definition) is 10. The van der Waals surface area contributed by atoms with E-state index in [2.05, 4.69) is 4.18 Å². The minimum atomic E-state index is -5.07. The van der Waals surface area contributed by atoms with Gasteiger partial charge in [0.2, 0.25) is 0 Å². The van der Waals surface area contributed by atoms with E-state index in [4.69, 9.17) is 9.66 Å². The van der Waals surface area contributed by atoms with E-state index in [1.165, 1.54) is 6.92 Å². The van der Waals surface area contributed by atoms with Crippen LogP contribution in [0.2, 0.25) is 0 Å². The fourth-order valence-electron chi connectivity index (χ4n) is 3.17. The quantitative estimate of drug-likeness (QED) is 0.134. The van der Waals surface area contributed by atoms with E-state index in [9.17, 15) is 39.1 Å². The van der Waals surface area contributed by atoms with E-state index in [-0.39, 0.29) is 18.8 Å². The molecule has 0 radical (unpaired) electrons. The summed E-state index contributed by atoms with van der Waals surface area (Å²) in [7, 11) is -5.07. The van der Waals surface area contributed by atoms with Crippen LogP contribution < -0.4 is 0 Å². The van der Waals surface area contributed by atoms with Crippen molar-refractivity contribution in [3.05, 3.63) is 5.92 Å². The lowest BCUT2D eigenvalue weighted by molar-refractivity contribution is -0.0967. The van der Waals surface area contributed by atoms with E-state index in [0.29, 0.717) is 0 Å². The van der Waals surface area contributed by atoms with E-state index in [1.54, 1.807) is 0 Å². The summed E-state index contributed by atoms with van der Waals surface area (Å²) in [6, 6.07) is 0. The first kappa shape index (κ1) is 23.5. The molecule has 0 heterocycles. The third kappa shape index (κ3) is 5.99. The Morgan fingerprint density at radius 3 is 2.19 bits per heavy atom. The molecule has 0 aromatic heterocycles. The Balaban J connectivity index is 2.98. The van der Waals surface area contributed by atoms with E-state index in [0.717, 1.165) is 0 Å². The molecular weight excluding hydrogens is 376 g/mol. The van der Waals surface area contributed by atoms with Gasteiger partial charge in [-0.05, 0) is 6.42 Å². The Labute approximate surface area is 151 Å². The molecule has 1 fully saturated rings. The molecule has 26 heavy (non-hydrogen) atoms. The van der Waals surface area contributed by atoms with Crippen LogP contribution in [0.15, 0.2) is 0 Å². The Morgan fingerprint density at radius 1 is 1.15 bits per heavy atom. The molecule has 0 saturated heterocycles. The lowest BCUT2D eigenvalue weighted by atomic mass is 9.84. The lowest BCUT2D eigenvalue weighted by Gasteiger charge is -2.28. The van der Waals surface area contributed by atoms with Gasteiger partial charge in [-0.25, -0.2) is 4.18 Å². The first-order valence-corrected chi connectivity index (χ1v) is 9.48. The predicted molar refractivity (Wildman–Crippen MR) is 85.8 cm³/mol. The Bertz CT molecular complexity index is 527. The van der Waals surface area contributed by atoms with Gasteiger partial charge in [-0.15, -0.1) is 0 Å². The molecular formula is C14H27O11S+. The van der Waals surface area contributed by atoms with Crippen LogP contribution in [0.3, 0.4) is 0 Å². The van der Waals surface area contributed by atoms with Gasteiger partial charge in [-0.3, -0.25) is 4.55 Å². The van der Waals surface area contributed by atoms with Gasteiger partial charge in [-0.2, -0.15) is 8.42 Å². The highest BCUT2D eigenvalue weighted by atomic mass is 32.3. The van der Waals surface area contributed by atoms with Crippen molar-refractivity contribution in [2.45, 2.75) is 68.9 Å². The van der Waals surface area contributed by atoms with Crippen molar-refractivity contribution in [3.63, 3.8) is 0 Å². The molecule has 0 unspecified atom stereocenters. The van der Waals surface area contributed by atoms with Gasteiger partial charge in [0.25, 0.3) is 0 Å². The van der Waals surface area contributed by atoms with Crippen molar-refractivity contribution in [1.82, 2.24) is 0 Å². The maximum atomic E-state index is 11.0. The monoisotopic (exact) mass is 403 g/mol. The molecule has 0 aliphatic heterocycles. The summed E-state index contributed by atoms with van der Waals surface area (Å²) in [5.41, 5.74) is 0. The smallest absolute Gasteiger partial charge is 0.393 e. The SMILES string of the molecule is CC[C@@H](O)[C@@H](O)[C@H](OS(=O)(=O)O)[C@@H](O)C[C+]1C[C@@H](O)[C@@H](O)[C@@H]1[C@@H](O)CO. The summed E-state index contributed by atoms with van der Waals surface area (Å²) >= 11 is 0. The summed E-state index contributed by atoms with van der Waals surface area (Å²) in [4.78, 5) is 0. The average molecular weight is 403 g/mol. The van der Waals surface area contributed by atoms with Crippen molar-refractivity contribution in [2.75, 3.05) is 6.61 Å². The second-order valence-electron chi connectivity index (χ2n) is 6.42. The lowest BCUT2D eigenvalue weighted by Crippen LogP contribution is -2.48. The molecule has 0 aromatic carbocycles. The van der Waals surface area contributed by atoms with Gasteiger partial charge in [-0.1, -0.05) is 6.92 Å². The largest absolute Gasteiger partial charge is 0.397 e. The second kappa shape index (κ2) is 9.59. The number of aliphatic hydroxyl groups is 7. The van der Waals surface area contributed by atoms with Crippen molar-refractivity contribution in [3.8, 4) is 0 Å². The van der Waals surface area contributed by atoms with Crippen LogP contribution in [0.4, 0.5) is 0 Å². The number of hydrogen-bond donors (Lipinski definition) is 8. The second-order valence-corrected chi connectivity index (χ2v) is 7.47. The Hall–Kier alpha value is -0.540. The Morgan fingerprint density at radius 2 is 1.73 bits per heavy atom. The molecule has 8 N–H and O–H groups in total. The molecule has 154 valence electrons. The van der Waals surface area contributed by atoms with Crippen LogP contribution in [0, 0.1) is 11.8 Å². The molecule has 1 aliphatic rings. The summed E-state index contributed by atoms with van der Waals surface area (Å²) in [5.74, 6) is -0.884. The standard InChI is InChI=1S/C14H26O11S/c1-2-7(16)13(21)14(25-26(22,23)24)9(18)4-6-3-8(17)12(20)11(6)10(19)5-15/h7-21H,2-5H2,1H3/p+1/t7-,8-,9+,10+,11+,12-,13-,14-/m1/s1. The zero-order chi connectivity index (χ0) is 20.2.